The fraction of sp³-hybridized carbons (Fsp3) is 0.364. The summed E-state index contributed by atoms with van der Waals surface area (Å²) in [7, 11) is 1.65. The number of benzene rings is 1. The Labute approximate surface area is 206 Å². The Kier molecular flexibility index (Phi) is 5.95. The normalized spacial score (nSPS) is 20.0. The lowest BCUT2D eigenvalue weighted by Gasteiger charge is -2.22. The van der Waals surface area contributed by atoms with Crippen LogP contribution in [0.25, 0.3) is 28.2 Å². The summed E-state index contributed by atoms with van der Waals surface area (Å²) < 4.78 is 32.7. The van der Waals surface area contributed by atoms with E-state index in [4.69, 9.17) is 4.42 Å². The van der Waals surface area contributed by atoms with E-state index in [2.05, 4.69) is 51.8 Å². The van der Waals surface area contributed by atoms with Gasteiger partial charge in [0.1, 0.15) is 4.60 Å². The second-order valence-electron chi connectivity index (χ2n) is 8.65. The molecule has 1 aliphatic rings. The number of carbonyl (C=O) groups is 1. The van der Waals surface area contributed by atoms with Crippen molar-refractivity contribution in [2.24, 2.45) is 5.41 Å². The van der Waals surface area contributed by atoms with Crippen LogP contribution in [0.5, 0.6) is 0 Å². The minimum atomic E-state index is -2.83. The lowest BCUT2D eigenvalue weighted by molar-refractivity contribution is -0.129. The predicted molar refractivity (Wildman–Crippen MR) is 126 cm³/mol. The average molecular weight is 547 g/mol. The van der Waals surface area contributed by atoms with Crippen molar-refractivity contribution in [3.63, 3.8) is 0 Å². The number of nitrogens with one attached hydrogen (secondary N) is 2. The average Bonchev–Trinajstić information content (AvgIpc) is 3.57. The first-order valence-corrected chi connectivity index (χ1v) is 11.7. The van der Waals surface area contributed by atoms with Gasteiger partial charge in [-0.1, -0.05) is 6.92 Å². The predicted octanol–water partition coefficient (Wildman–Crippen LogP) is 4.28. The van der Waals surface area contributed by atoms with Crippen LogP contribution in [0.3, 0.4) is 0 Å². The van der Waals surface area contributed by atoms with Gasteiger partial charge in [-0.15, -0.1) is 10.2 Å². The van der Waals surface area contributed by atoms with Gasteiger partial charge in [-0.05, 0) is 59.5 Å². The molecule has 2 N–H and O–H groups in total. The second kappa shape index (κ2) is 8.95. The maximum Gasteiger partial charge on any atom is 0.314 e. The Hall–Kier alpha value is -3.48. The molecule has 4 aromatic rings. The zero-order chi connectivity index (χ0) is 24.7. The van der Waals surface area contributed by atoms with Gasteiger partial charge in [-0.25, -0.2) is 9.67 Å². The molecule has 5 rings (SSSR count). The molecule has 1 fully saturated rings. The first kappa shape index (κ1) is 23.3. The number of aromatic nitrogens is 6. The third-order valence-corrected chi connectivity index (χ3v) is 6.80. The minimum absolute atomic E-state index is 0.00693. The number of anilines is 1. The van der Waals surface area contributed by atoms with Crippen molar-refractivity contribution < 1.29 is 18.0 Å². The fourth-order valence-corrected chi connectivity index (χ4v) is 4.80. The Balaban J connectivity index is 1.40. The van der Waals surface area contributed by atoms with E-state index < -0.39 is 17.7 Å². The van der Waals surface area contributed by atoms with Gasteiger partial charge in [0.2, 0.25) is 17.7 Å². The van der Waals surface area contributed by atoms with Crippen LogP contribution < -0.4 is 10.6 Å². The van der Waals surface area contributed by atoms with E-state index in [1.165, 1.54) is 0 Å². The van der Waals surface area contributed by atoms with E-state index in [0.717, 1.165) is 18.2 Å². The van der Waals surface area contributed by atoms with Gasteiger partial charge < -0.3 is 15.1 Å². The number of hydrogen-bond donors (Lipinski definition) is 2. The Morgan fingerprint density at radius 3 is 2.74 bits per heavy atom. The summed E-state index contributed by atoms with van der Waals surface area (Å²) >= 11 is 3.45. The van der Waals surface area contributed by atoms with Crippen LogP contribution >= 0.6 is 15.9 Å². The molecule has 3 heterocycles. The summed E-state index contributed by atoms with van der Waals surface area (Å²) in [6.45, 7) is 1.97. The highest BCUT2D eigenvalue weighted by Gasteiger charge is 2.41. The zero-order valence-electron chi connectivity index (χ0n) is 18.8. The van der Waals surface area contributed by atoms with E-state index in [1.54, 1.807) is 42.2 Å². The minimum Gasteiger partial charge on any atom is -0.415 e. The maximum absolute atomic E-state index is 12.7. The van der Waals surface area contributed by atoms with Crippen LogP contribution in [-0.4, -0.2) is 48.9 Å². The molecule has 1 aromatic carbocycles. The van der Waals surface area contributed by atoms with Crippen molar-refractivity contribution in [2.75, 3.05) is 12.4 Å². The summed E-state index contributed by atoms with van der Waals surface area (Å²) in [6, 6.07) is 6.93. The van der Waals surface area contributed by atoms with Crippen molar-refractivity contribution in [2.45, 2.75) is 38.7 Å². The molecule has 10 nitrogen and oxygen atoms in total. The molecule has 13 heteroatoms. The summed E-state index contributed by atoms with van der Waals surface area (Å²) in [4.78, 5) is 21.3. The molecule has 1 amide bonds. The molecule has 35 heavy (non-hydrogen) atoms. The van der Waals surface area contributed by atoms with Gasteiger partial charge in [0.25, 0.3) is 5.89 Å². The smallest absolute Gasteiger partial charge is 0.314 e. The molecule has 0 unspecified atom stereocenters. The maximum atomic E-state index is 12.7. The number of amides is 1. The number of hydrogen-bond acceptors (Lipinski definition) is 8. The number of carbonyl (C=O) groups excluding carboxylic acids is 1. The zero-order valence-corrected chi connectivity index (χ0v) is 20.4. The third-order valence-electron chi connectivity index (χ3n) is 6.22. The lowest BCUT2D eigenvalue weighted by Crippen LogP contribution is -2.35. The van der Waals surface area contributed by atoms with Crippen molar-refractivity contribution in [3.05, 3.63) is 41.0 Å². The largest absolute Gasteiger partial charge is 0.415 e. The fourth-order valence-electron chi connectivity index (χ4n) is 4.36. The highest BCUT2D eigenvalue weighted by molar-refractivity contribution is 9.10. The first-order chi connectivity index (χ1) is 16.8. The third kappa shape index (κ3) is 4.35. The van der Waals surface area contributed by atoms with E-state index in [0.29, 0.717) is 33.9 Å². The topological polar surface area (TPSA) is 124 Å². The van der Waals surface area contributed by atoms with E-state index in [1.807, 2.05) is 6.92 Å². The molecule has 3 aromatic heterocycles. The molecule has 2 atom stereocenters. The van der Waals surface area contributed by atoms with Crippen molar-refractivity contribution in [1.29, 1.82) is 0 Å². The van der Waals surface area contributed by atoms with Gasteiger partial charge in [-0.3, -0.25) is 4.79 Å². The summed E-state index contributed by atoms with van der Waals surface area (Å²) in [5.74, 6) is -0.234. The van der Waals surface area contributed by atoms with Crippen LogP contribution in [-0.2, 0) is 4.79 Å². The summed E-state index contributed by atoms with van der Waals surface area (Å²) in [5.41, 5.74) is 1.35. The van der Waals surface area contributed by atoms with Crippen molar-refractivity contribution in [3.8, 4) is 17.1 Å². The number of rotatable bonds is 6. The highest BCUT2D eigenvalue weighted by atomic mass is 79.9. The van der Waals surface area contributed by atoms with Gasteiger partial charge in [-0.2, -0.15) is 18.9 Å². The standard InChI is InChI=1S/C22H21BrF2N8O2/c1-22(20(34)26-2)8-7-12(9-22)28-21-27-10-14-15(23)32-33(17(14)29-21)13-5-3-11(4-6-13)18-30-31-19(35-18)16(24)25/h3-6,10,12,16H,7-9H2,1-2H3,(H,26,34)(H,27,28,29)/t12-,22-/m1/s1. The van der Waals surface area contributed by atoms with Crippen LogP contribution in [0.4, 0.5) is 14.7 Å². The molecule has 1 saturated carbocycles. The van der Waals surface area contributed by atoms with Crippen molar-refractivity contribution >= 4 is 38.8 Å². The van der Waals surface area contributed by atoms with Gasteiger partial charge in [0.15, 0.2) is 5.65 Å². The molecular weight excluding hydrogens is 526 g/mol. The van der Waals surface area contributed by atoms with Gasteiger partial charge >= 0.3 is 6.43 Å². The Morgan fingerprint density at radius 2 is 2.06 bits per heavy atom. The van der Waals surface area contributed by atoms with E-state index >= 15 is 0 Å². The quantitative estimate of drug-likeness (QED) is 0.367. The van der Waals surface area contributed by atoms with E-state index in [-0.39, 0.29) is 17.8 Å². The van der Waals surface area contributed by atoms with Crippen LogP contribution in [0.1, 0.15) is 38.5 Å². The van der Waals surface area contributed by atoms with Crippen LogP contribution in [0, 0.1) is 5.41 Å². The van der Waals surface area contributed by atoms with E-state index in [9.17, 15) is 13.6 Å². The number of halogens is 3. The molecule has 0 saturated heterocycles. The Bertz CT molecular complexity index is 1390. The van der Waals surface area contributed by atoms with Gasteiger partial charge in [0, 0.05) is 30.3 Å². The molecular formula is C22H21BrF2N8O2. The molecule has 1 aliphatic carbocycles. The van der Waals surface area contributed by atoms with Gasteiger partial charge in [0.05, 0.1) is 11.1 Å². The monoisotopic (exact) mass is 546 g/mol. The number of fused-ring (bicyclic) bond motifs is 1. The van der Waals surface area contributed by atoms with Crippen LogP contribution in [0.15, 0.2) is 39.5 Å². The molecule has 182 valence electrons. The summed E-state index contributed by atoms with van der Waals surface area (Å²) in [6.07, 6.45) is 1.15. The number of nitrogens with zero attached hydrogens (tertiary/aromatic N) is 6. The molecule has 0 radical (unpaired) electrons. The molecule has 0 spiro atoms. The highest BCUT2D eigenvalue weighted by Crippen LogP contribution is 2.39. The second-order valence-corrected chi connectivity index (χ2v) is 9.40. The lowest BCUT2D eigenvalue weighted by atomic mass is 9.87. The Morgan fingerprint density at radius 1 is 1.29 bits per heavy atom. The van der Waals surface area contributed by atoms with Crippen LogP contribution in [0.2, 0.25) is 0 Å². The number of alkyl halides is 2. The SMILES string of the molecule is CNC(=O)[C@]1(C)CC[C@@H](Nc2ncc3c(Br)nn(-c4ccc(-c5nnc(C(F)F)o5)cc4)c3n2)C1. The molecule has 0 aliphatic heterocycles. The first-order valence-electron chi connectivity index (χ1n) is 10.9. The van der Waals surface area contributed by atoms with Crippen molar-refractivity contribution in [1.82, 2.24) is 35.3 Å². The molecule has 0 bridgehead atoms. The summed E-state index contributed by atoms with van der Waals surface area (Å²) in [5, 5.41) is 18.4.